The van der Waals surface area contributed by atoms with E-state index >= 15 is 0 Å². The number of rotatable bonds is 14. The number of fused-ring (bicyclic) bond motifs is 12. The molecule has 6 heterocycles. The summed E-state index contributed by atoms with van der Waals surface area (Å²) in [5.74, 6) is 1.10. The maximum atomic E-state index is 9.79. The number of benzene rings is 18. The molecule has 0 saturated carbocycles. The van der Waals surface area contributed by atoms with E-state index < -0.39 is 60.4 Å². The topological polar surface area (TPSA) is 135 Å². The Labute approximate surface area is 759 Å². The second-order valence-electron chi connectivity index (χ2n) is 31.1. The first-order valence-electron chi connectivity index (χ1n) is 46.6. The van der Waals surface area contributed by atoms with Gasteiger partial charge in [-0.15, -0.1) is 22.7 Å². The van der Waals surface area contributed by atoms with Gasteiger partial charge >= 0.3 is 0 Å². The minimum Gasteiger partial charge on any atom is -0.309 e. The van der Waals surface area contributed by atoms with Crippen LogP contribution in [-0.4, -0.2) is 39.0 Å². The van der Waals surface area contributed by atoms with Gasteiger partial charge in [0.25, 0.3) is 0 Å². The first kappa shape index (κ1) is 65.7. The summed E-state index contributed by atoms with van der Waals surface area (Å²) in [5.41, 5.74) is 21.9. The molecule has 128 heavy (non-hydrogen) atoms. The van der Waals surface area contributed by atoms with Crippen molar-refractivity contribution < 1.29 is 13.7 Å². The Morgan fingerprint density at radius 3 is 0.977 bits per heavy atom. The van der Waals surface area contributed by atoms with Gasteiger partial charge in [-0.2, -0.15) is 10.5 Å². The maximum absolute atomic E-state index is 9.79. The predicted octanol–water partition coefficient (Wildman–Crippen LogP) is 30.4. The van der Waals surface area contributed by atoms with Crippen LogP contribution in [0.3, 0.4) is 0 Å². The molecule has 18 aromatic carbocycles. The number of hydrogen-bond acceptors (Lipinski definition) is 10. The Hall–Kier alpha value is -17.0. The molecule has 0 atom stereocenters. The number of thiophene rings is 2. The zero-order chi connectivity index (χ0) is 93.8. The minimum absolute atomic E-state index is 0.0298. The zero-order valence-corrected chi connectivity index (χ0v) is 69.6. The van der Waals surface area contributed by atoms with Crippen LogP contribution in [0, 0.1) is 22.7 Å². The molecule has 0 bridgehead atoms. The normalized spacial score (nSPS) is 12.5. The van der Waals surface area contributed by atoms with E-state index in [1.807, 2.05) is 164 Å². The van der Waals surface area contributed by atoms with Crippen molar-refractivity contribution in [2.75, 3.05) is 0 Å². The molecule has 0 amide bonds. The highest BCUT2D eigenvalue weighted by molar-refractivity contribution is 7.27. The van der Waals surface area contributed by atoms with E-state index in [4.69, 9.17) is 43.6 Å². The summed E-state index contributed by atoms with van der Waals surface area (Å²) < 4.78 is 95.5. The van der Waals surface area contributed by atoms with Gasteiger partial charge in [-0.25, -0.2) is 29.9 Å². The van der Waals surface area contributed by atoms with E-state index in [1.165, 1.54) is 0 Å². The van der Waals surface area contributed by atoms with Gasteiger partial charge in [0.15, 0.2) is 34.9 Å². The molecule has 24 aromatic rings. The lowest BCUT2D eigenvalue weighted by molar-refractivity contribution is 1.07. The van der Waals surface area contributed by atoms with Crippen LogP contribution in [0.2, 0.25) is 0 Å². The Morgan fingerprint density at radius 1 is 0.211 bits per heavy atom. The van der Waals surface area contributed by atoms with Crippen LogP contribution in [0.1, 0.15) is 24.8 Å². The number of nitrogens with zero attached hydrogens (tertiary/aromatic N) is 10. The van der Waals surface area contributed by atoms with Crippen molar-refractivity contribution in [3.63, 3.8) is 0 Å². The second kappa shape index (κ2) is 32.3. The van der Waals surface area contributed by atoms with Gasteiger partial charge in [0.05, 0.1) is 59.0 Å². The molecule has 0 unspecified atom stereocenters. The standard InChI is InChI=1S/2C58H35N5S/c59-36-37-15-12-22-41(31-37)43-29-30-48-47-25-10-11-28-52(47)63(53(48)33-43)45-34-50-49-27-14-26-46(44-24-13-23-42(32-44)38-16-4-1-5-17-38)54(49)64-55(50)51(35-45)58-61-56(39-18-6-2-7-19-39)60-57(62-58)40-20-8-3-9-21-40;59-36-37-26-28-39(29-27-37)43-30-31-48-47-22-10-11-25-52(47)63(53(48)33-43)45-34-50-49-24-13-23-46(44-21-12-20-42(32-44)38-14-4-1-5-15-38)54(49)64-55(50)51(35-45)58-61-56(40-16-6-2-7-17-40)60-57(62-58)41-18-8-3-9-19-41/h2*1-35H/i2D,6D,7D,18D,19D;2D,6D,7D,16D,17D. The Bertz CT molecular complexity index is 9200. The molecule has 10 nitrogen and oxygen atoms in total. The van der Waals surface area contributed by atoms with Crippen LogP contribution in [0.5, 0.6) is 0 Å². The molecule has 24 rings (SSSR count). The number of nitriles is 2. The smallest absolute Gasteiger partial charge is 0.165 e. The summed E-state index contributed by atoms with van der Waals surface area (Å²) >= 11 is 3.29. The Morgan fingerprint density at radius 2 is 0.531 bits per heavy atom. The van der Waals surface area contributed by atoms with Crippen molar-refractivity contribution in [3.05, 3.63) is 436 Å². The van der Waals surface area contributed by atoms with Gasteiger partial charge in [-0.05, 0) is 152 Å². The van der Waals surface area contributed by atoms with Crippen LogP contribution >= 0.6 is 22.7 Å². The predicted molar refractivity (Wildman–Crippen MR) is 529 cm³/mol. The minimum atomic E-state index is -0.497. The molecule has 12 heteroatoms. The van der Waals surface area contributed by atoms with Crippen molar-refractivity contribution in [3.8, 4) is 159 Å². The molecule has 0 aliphatic carbocycles. The van der Waals surface area contributed by atoms with Crippen molar-refractivity contribution in [1.29, 1.82) is 10.5 Å². The van der Waals surface area contributed by atoms with Crippen LogP contribution < -0.4 is 0 Å². The third-order valence-electron chi connectivity index (χ3n) is 23.5. The average Bonchev–Trinajstić information content (AvgIpc) is 1.56. The summed E-state index contributed by atoms with van der Waals surface area (Å²) in [6.45, 7) is 0. The molecule has 596 valence electrons. The van der Waals surface area contributed by atoms with Gasteiger partial charge in [-0.3, -0.25) is 0 Å². The lowest BCUT2D eigenvalue weighted by Crippen LogP contribution is -2.01. The van der Waals surface area contributed by atoms with E-state index in [9.17, 15) is 10.5 Å². The Balaban J connectivity index is 0.000000155. The quantitative estimate of drug-likeness (QED) is 0.105. The van der Waals surface area contributed by atoms with Gasteiger partial charge in [-0.1, -0.05) is 339 Å². The van der Waals surface area contributed by atoms with E-state index in [-0.39, 0.29) is 34.4 Å². The first-order valence-corrected chi connectivity index (χ1v) is 43.3. The Kier molecular flexibility index (Phi) is 16.6. The van der Waals surface area contributed by atoms with Crippen molar-refractivity contribution >= 4 is 107 Å². The molecule has 0 saturated heterocycles. The van der Waals surface area contributed by atoms with E-state index in [1.54, 1.807) is 28.7 Å². The van der Waals surface area contributed by atoms with Gasteiger partial charge in [0, 0.05) is 107 Å². The highest BCUT2D eigenvalue weighted by Crippen LogP contribution is 2.50. The number of aromatic nitrogens is 8. The number of para-hydroxylation sites is 2. The molecule has 6 aromatic heterocycles. The average molecular weight is 1680 g/mol. The maximum Gasteiger partial charge on any atom is 0.165 e. The molecule has 0 aliphatic heterocycles. The molecule has 0 fully saturated rings. The monoisotopic (exact) mass is 1680 g/mol. The third-order valence-corrected chi connectivity index (χ3v) is 26.1. The fourth-order valence-corrected chi connectivity index (χ4v) is 20.2. The fraction of sp³-hybridized carbons (Fsp3) is 0. The highest BCUT2D eigenvalue weighted by atomic mass is 32.1. The SMILES string of the molecule is [2H]c1c([2H])c([2H])c(-c2nc(-c3ccccc3)nc(-c3cc(-n4c5ccccc5c5ccc(-c6ccc(C#N)cc6)cc54)cc4c3sc3c(-c5cccc(-c6ccccc6)c5)cccc34)n2)c([2H])c1[2H].[2H]c1c([2H])c([2H])c(-c2nc(-c3ccccc3)nc(-c3cc(-n4c5ccccc5c5ccc(-c6cccc(C#N)c6)cc54)cc4c3sc3c(-c5cccc(-c6ccccc6)c5)cccc34)n2)c([2H])c1[2H]. The van der Waals surface area contributed by atoms with Crippen molar-refractivity contribution in [2.24, 2.45) is 0 Å². The van der Waals surface area contributed by atoms with Gasteiger partial charge < -0.3 is 9.13 Å². The highest BCUT2D eigenvalue weighted by Gasteiger charge is 2.26. The molecule has 0 spiro atoms. The summed E-state index contributed by atoms with van der Waals surface area (Å²) in [6.07, 6.45) is 0. The lowest BCUT2D eigenvalue weighted by atomic mass is 9.97. The van der Waals surface area contributed by atoms with Crippen LogP contribution in [0.4, 0.5) is 0 Å². The molecule has 0 aliphatic rings. The van der Waals surface area contributed by atoms with Crippen LogP contribution in [0.15, 0.2) is 424 Å². The van der Waals surface area contributed by atoms with Crippen molar-refractivity contribution in [2.45, 2.75) is 0 Å². The largest absolute Gasteiger partial charge is 0.309 e. The third kappa shape index (κ3) is 13.8. The fourth-order valence-electron chi connectivity index (χ4n) is 17.5. The van der Waals surface area contributed by atoms with E-state index in [0.29, 0.717) is 45.0 Å². The van der Waals surface area contributed by atoms with Crippen molar-refractivity contribution in [1.82, 2.24) is 39.0 Å². The van der Waals surface area contributed by atoms with Crippen LogP contribution in [0.25, 0.3) is 230 Å². The summed E-state index contributed by atoms with van der Waals surface area (Å²) in [4.78, 5) is 30.2. The lowest BCUT2D eigenvalue weighted by Gasteiger charge is -2.13. The van der Waals surface area contributed by atoms with Gasteiger partial charge in [0.1, 0.15) is 0 Å². The molecular formula is C116H70N10S2. The molecular weight excluding hydrogens is 1600 g/mol. The second-order valence-corrected chi connectivity index (χ2v) is 33.1. The van der Waals surface area contributed by atoms with E-state index in [0.717, 1.165) is 162 Å². The number of hydrogen-bond donors (Lipinski definition) is 0. The molecule has 0 radical (unpaired) electrons. The van der Waals surface area contributed by atoms with Gasteiger partial charge in [0.2, 0.25) is 0 Å². The molecule has 0 N–H and O–H groups in total. The summed E-state index contributed by atoms with van der Waals surface area (Å²) in [7, 11) is 0. The first-order chi connectivity index (χ1) is 67.5. The zero-order valence-electron chi connectivity index (χ0n) is 77.9. The van der Waals surface area contributed by atoms with E-state index in [2.05, 4.69) is 215 Å². The summed E-state index contributed by atoms with van der Waals surface area (Å²) in [5, 5.41) is 27.6. The van der Waals surface area contributed by atoms with Crippen LogP contribution in [-0.2, 0) is 0 Å². The summed E-state index contributed by atoms with van der Waals surface area (Å²) in [6, 6.07) is 123.